The first kappa shape index (κ1) is 7.06. The van der Waals surface area contributed by atoms with Crippen LogP contribution < -0.4 is 5.73 Å². The van der Waals surface area contributed by atoms with Crippen LogP contribution in [0.1, 0.15) is 19.8 Å². The number of hydrogen-bond donors (Lipinski definition) is 1. The minimum Gasteiger partial charge on any atom is -0.366 e. The highest BCUT2D eigenvalue weighted by Crippen LogP contribution is 2.16. The van der Waals surface area contributed by atoms with E-state index in [9.17, 15) is 4.79 Å². The first-order valence-corrected chi connectivity index (χ1v) is 3.39. The fourth-order valence-electron chi connectivity index (χ4n) is 1.09. The van der Waals surface area contributed by atoms with Crippen LogP contribution >= 0.6 is 0 Å². The Labute approximate surface area is 60.4 Å². The molecule has 1 aliphatic carbocycles. The van der Waals surface area contributed by atoms with Gasteiger partial charge in [0.2, 0.25) is 5.91 Å². The van der Waals surface area contributed by atoms with E-state index in [0.717, 1.165) is 18.4 Å². The standard InChI is InChI=1S/C8H11NO/c1-6-4-2-3-5-7(6)8(9)10/h4-5H,2-3H2,1H3,(H2,9,10). The van der Waals surface area contributed by atoms with Gasteiger partial charge in [0.05, 0.1) is 0 Å². The van der Waals surface area contributed by atoms with Crippen LogP contribution in [0.15, 0.2) is 23.3 Å². The maximum Gasteiger partial charge on any atom is 0.248 e. The fraction of sp³-hybridized carbons (Fsp3) is 0.375. The summed E-state index contributed by atoms with van der Waals surface area (Å²) in [6.07, 6.45) is 5.91. The van der Waals surface area contributed by atoms with Gasteiger partial charge in [-0.25, -0.2) is 0 Å². The Balaban J connectivity index is 2.84. The molecule has 0 saturated heterocycles. The Morgan fingerprint density at radius 3 is 2.50 bits per heavy atom. The number of carbonyl (C=O) groups excluding carboxylic acids is 1. The third kappa shape index (κ3) is 1.26. The molecular weight excluding hydrogens is 126 g/mol. The molecule has 0 saturated carbocycles. The molecule has 0 aromatic carbocycles. The van der Waals surface area contributed by atoms with Crippen LogP contribution in [0.5, 0.6) is 0 Å². The van der Waals surface area contributed by atoms with Crippen molar-refractivity contribution in [3.8, 4) is 0 Å². The molecule has 0 spiro atoms. The third-order valence-corrected chi connectivity index (χ3v) is 1.66. The molecule has 0 heterocycles. The number of amides is 1. The van der Waals surface area contributed by atoms with Gasteiger partial charge in [0.25, 0.3) is 0 Å². The fourth-order valence-corrected chi connectivity index (χ4v) is 1.09. The monoisotopic (exact) mass is 137 g/mol. The van der Waals surface area contributed by atoms with Gasteiger partial charge in [0.15, 0.2) is 0 Å². The lowest BCUT2D eigenvalue weighted by Gasteiger charge is -2.07. The van der Waals surface area contributed by atoms with E-state index in [1.54, 1.807) is 0 Å². The van der Waals surface area contributed by atoms with E-state index in [2.05, 4.69) is 0 Å². The number of allylic oxidation sites excluding steroid dienone is 2. The summed E-state index contributed by atoms with van der Waals surface area (Å²) in [5, 5.41) is 0. The first-order valence-electron chi connectivity index (χ1n) is 3.39. The molecular formula is C8H11NO. The van der Waals surface area contributed by atoms with Gasteiger partial charge in [-0.15, -0.1) is 0 Å². The molecule has 1 amide bonds. The lowest BCUT2D eigenvalue weighted by atomic mass is 9.99. The minimum atomic E-state index is -0.312. The molecule has 2 nitrogen and oxygen atoms in total. The number of rotatable bonds is 1. The van der Waals surface area contributed by atoms with Crippen molar-refractivity contribution in [3.05, 3.63) is 23.3 Å². The van der Waals surface area contributed by atoms with E-state index in [0.29, 0.717) is 5.57 Å². The summed E-state index contributed by atoms with van der Waals surface area (Å²) in [4.78, 5) is 10.7. The summed E-state index contributed by atoms with van der Waals surface area (Å²) in [6, 6.07) is 0. The SMILES string of the molecule is CC1=CCCC=C1C(N)=O. The maximum atomic E-state index is 10.7. The molecule has 54 valence electrons. The summed E-state index contributed by atoms with van der Waals surface area (Å²) in [7, 11) is 0. The van der Waals surface area contributed by atoms with Crippen molar-refractivity contribution in [2.75, 3.05) is 0 Å². The second-order valence-corrected chi connectivity index (χ2v) is 2.45. The molecule has 0 unspecified atom stereocenters. The van der Waals surface area contributed by atoms with Crippen molar-refractivity contribution in [1.82, 2.24) is 0 Å². The second-order valence-electron chi connectivity index (χ2n) is 2.45. The first-order chi connectivity index (χ1) is 4.72. The average Bonchev–Trinajstić information content (AvgIpc) is 1.88. The molecule has 0 atom stereocenters. The van der Waals surface area contributed by atoms with Gasteiger partial charge >= 0.3 is 0 Å². The minimum absolute atomic E-state index is 0.312. The van der Waals surface area contributed by atoms with Gasteiger partial charge in [-0.3, -0.25) is 4.79 Å². The van der Waals surface area contributed by atoms with Gasteiger partial charge in [-0.1, -0.05) is 12.2 Å². The van der Waals surface area contributed by atoms with Crippen LogP contribution in [0.2, 0.25) is 0 Å². The maximum absolute atomic E-state index is 10.7. The van der Waals surface area contributed by atoms with Crippen LogP contribution in [0.4, 0.5) is 0 Å². The van der Waals surface area contributed by atoms with Crippen LogP contribution in [0, 0.1) is 0 Å². The molecule has 2 heteroatoms. The van der Waals surface area contributed by atoms with Crippen molar-refractivity contribution in [3.63, 3.8) is 0 Å². The lowest BCUT2D eigenvalue weighted by molar-refractivity contribution is -0.114. The molecule has 0 radical (unpaired) electrons. The molecule has 2 N–H and O–H groups in total. The highest BCUT2D eigenvalue weighted by Gasteiger charge is 2.08. The van der Waals surface area contributed by atoms with Crippen molar-refractivity contribution in [1.29, 1.82) is 0 Å². The van der Waals surface area contributed by atoms with Crippen LogP contribution in [0.25, 0.3) is 0 Å². The summed E-state index contributed by atoms with van der Waals surface area (Å²) >= 11 is 0. The Morgan fingerprint density at radius 1 is 1.50 bits per heavy atom. The van der Waals surface area contributed by atoms with Gasteiger partial charge in [-0.2, -0.15) is 0 Å². The highest BCUT2D eigenvalue weighted by molar-refractivity contribution is 5.96. The Morgan fingerprint density at radius 2 is 2.10 bits per heavy atom. The zero-order valence-corrected chi connectivity index (χ0v) is 6.05. The van der Waals surface area contributed by atoms with E-state index < -0.39 is 0 Å². The van der Waals surface area contributed by atoms with Crippen LogP contribution in [0.3, 0.4) is 0 Å². The summed E-state index contributed by atoms with van der Waals surface area (Å²) in [5.41, 5.74) is 6.81. The number of hydrogen-bond acceptors (Lipinski definition) is 1. The number of primary amides is 1. The predicted octanol–water partition coefficient (Wildman–Crippen LogP) is 1.14. The van der Waals surface area contributed by atoms with E-state index in [1.807, 2.05) is 19.1 Å². The zero-order valence-electron chi connectivity index (χ0n) is 6.05. The molecule has 0 aromatic heterocycles. The van der Waals surface area contributed by atoms with Gasteiger partial charge in [-0.05, 0) is 25.3 Å². The van der Waals surface area contributed by atoms with E-state index >= 15 is 0 Å². The van der Waals surface area contributed by atoms with Gasteiger partial charge in [0.1, 0.15) is 0 Å². The normalized spacial score (nSPS) is 17.7. The summed E-state index contributed by atoms with van der Waals surface area (Å²) in [6.45, 7) is 1.91. The molecule has 10 heavy (non-hydrogen) atoms. The van der Waals surface area contributed by atoms with E-state index in [4.69, 9.17) is 5.73 Å². The second kappa shape index (κ2) is 2.69. The Bertz CT molecular complexity index is 213. The highest BCUT2D eigenvalue weighted by atomic mass is 16.1. The lowest BCUT2D eigenvalue weighted by Crippen LogP contribution is -2.15. The molecule has 1 rings (SSSR count). The van der Waals surface area contributed by atoms with Crippen molar-refractivity contribution in [2.45, 2.75) is 19.8 Å². The molecule has 1 aliphatic rings. The summed E-state index contributed by atoms with van der Waals surface area (Å²) < 4.78 is 0. The summed E-state index contributed by atoms with van der Waals surface area (Å²) in [5.74, 6) is -0.312. The van der Waals surface area contributed by atoms with E-state index in [-0.39, 0.29) is 5.91 Å². The van der Waals surface area contributed by atoms with Crippen molar-refractivity contribution >= 4 is 5.91 Å². The zero-order chi connectivity index (χ0) is 7.56. The Kier molecular flexibility index (Phi) is 1.90. The third-order valence-electron chi connectivity index (χ3n) is 1.66. The smallest absolute Gasteiger partial charge is 0.248 e. The topological polar surface area (TPSA) is 43.1 Å². The predicted molar refractivity (Wildman–Crippen MR) is 40.3 cm³/mol. The Hall–Kier alpha value is -1.05. The number of carbonyl (C=O) groups is 1. The van der Waals surface area contributed by atoms with Gasteiger partial charge < -0.3 is 5.73 Å². The molecule has 0 aliphatic heterocycles. The van der Waals surface area contributed by atoms with Crippen molar-refractivity contribution < 1.29 is 4.79 Å². The largest absolute Gasteiger partial charge is 0.366 e. The molecule has 0 aromatic rings. The quantitative estimate of drug-likeness (QED) is 0.578. The molecule has 0 fully saturated rings. The van der Waals surface area contributed by atoms with Crippen LogP contribution in [-0.4, -0.2) is 5.91 Å². The van der Waals surface area contributed by atoms with Gasteiger partial charge in [0, 0.05) is 5.57 Å². The van der Waals surface area contributed by atoms with Crippen molar-refractivity contribution in [2.24, 2.45) is 5.73 Å². The van der Waals surface area contributed by atoms with Crippen LogP contribution in [-0.2, 0) is 4.79 Å². The number of nitrogens with two attached hydrogens (primary N) is 1. The molecule has 0 bridgehead atoms. The average molecular weight is 137 g/mol. The van der Waals surface area contributed by atoms with E-state index in [1.165, 1.54) is 0 Å².